The molecule has 0 bridgehead atoms. The number of hydrogen-bond donors (Lipinski definition) is 0. The van der Waals surface area contributed by atoms with Crippen molar-refractivity contribution < 1.29 is 17.4 Å². The SMILES string of the molecule is O=S1C=CC=C1c1cc(F)c(F)c(F)c1. The summed E-state index contributed by atoms with van der Waals surface area (Å²) in [6.45, 7) is 0. The number of allylic oxidation sites excluding steroid dienone is 2. The molecule has 0 aromatic heterocycles. The van der Waals surface area contributed by atoms with Crippen molar-refractivity contribution in [3.8, 4) is 0 Å². The first kappa shape index (κ1) is 10.2. The van der Waals surface area contributed by atoms with Gasteiger partial charge in [-0.25, -0.2) is 17.4 Å². The Morgan fingerprint density at radius 1 is 1.07 bits per heavy atom. The molecule has 0 fully saturated rings. The third kappa shape index (κ3) is 1.74. The van der Waals surface area contributed by atoms with Gasteiger partial charge in [0.2, 0.25) is 0 Å². The highest BCUT2D eigenvalue weighted by molar-refractivity contribution is 7.97. The normalized spacial score (nSPS) is 19.4. The number of benzene rings is 1. The molecule has 78 valence electrons. The third-order valence-electron chi connectivity index (χ3n) is 1.93. The molecule has 1 unspecified atom stereocenters. The molecule has 2 rings (SSSR count). The minimum atomic E-state index is -1.52. The van der Waals surface area contributed by atoms with Crippen LogP contribution in [0.25, 0.3) is 4.91 Å². The number of rotatable bonds is 1. The monoisotopic (exact) mass is 230 g/mol. The smallest absolute Gasteiger partial charge is 0.194 e. The zero-order valence-corrected chi connectivity index (χ0v) is 8.15. The summed E-state index contributed by atoms with van der Waals surface area (Å²) in [5.41, 5.74) is 0.0923. The molecule has 5 heteroatoms. The lowest BCUT2D eigenvalue weighted by molar-refractivity contribution is 0.447. The summed E-state index contributed by atoms with van der Waals surface area (Å²) in [5.74, 6) is -4.08. The van der Waals surface area contributed by atoms with Crippen LogP contribution in [0.2, 0.25) is 0 Å². The fraction of sp³-hybridized carbons (Fsp3) is 0. The maximum absolute atomic E-state index is 12.9. The predicted octanol–water partition coefficient (Wildman–Crippen LogP) is 2.72. The van der Waals surface area contributed by atoms with Gasteiger partial charge in [-0.05, 0) is 23.8 Å². The van der Waals surface area contributed by atoms with Crippen LogP contribution in [0.5, 0.6) is 0 Å². The first-order valence-electron chi connectivity index (χ1n) is 4.03. The van der Waals surface area contributed by atoms with Crippen molar-refractivity contribution in [3.63, 3.8) is 0 Å². The van der Waals surface area contributed by atoms with Gasteiger partial charge in [-0.1, -0.05) is 6.08 Å². The van der Waals surface area contributed by atoms with E-state index in [0.717, 1.165) is 12.1 Å². The number of hydrogen-bond acceptors (Lipinski definition) is 1. The predicted molar refractivity (Wildman–Crippen MR) is 51.6 cm³/mol. The van der Waals surface area contributed by atoms with E-state index in [-0.39, 0.29) is 10.5 Å². The summed E-state index contributed by atoms with van der Waals surface area (Å²) in [4.78, 5) is 0.271. The van der Waals surface area contributed by atoms with Crippen LogP contribution >= 0.6 is 0 Å². The van der Waals surface area contributed by atoms with Crippen LogP contribution in [0.3, 0.4) is 0 Å². The van der Waals surface area contributed by atoms with Gasteiger partial charge in [-0.3, -0.25) is 0 Å². The third-order valence-corrected chi connectivity index (χ3v) is 3.14. The summed E-state index contributed by atoms with van der Waals surface area (Å²) in [6.07, 6.45) is 2.99. The van der Waals surface area contributed by atoms with Crippen molar-refractivity contribution in [2.75, 3.05) is 0 Å². The highest BCUT2D eigenvalue weighted by Crippen LogP contribution is 2.26. The fourth-order valence-electron chi connectivity index (χ4n) is 1.25. The molecule has 1 atom stereocenters. The van der Waals surface area contributed by atoms with Crippen LogP contribution < -0.4 is 0 Å². The Morgan fingerprint density at radius 3 is 2.13 bits per heavy atom. The molecule has 0 spiro atoms. The summed E-state index contributed by atoms with van der Waals surface area (Å²) in [5, 5.41) is 1.38. The second-order valence-electron chi connectivity index (χ2n) is 2.91. The Bertz CT molecular complexity index is 482. The van der Waals surface area contributed by atoms with Crippen molar-refractivity contribution in [1.82, 2.24) is 0 Å². The molecule has 0 N–H and O–H groups in total. The maximum atomic E-state index is 12.9. The summed E-state index contributed by atoms with van der Waals surface area (Å²) in [6, 6.07) is 1.66. The molecule has 1 aromatic rings. The van der Waals surface area contributed by atoms with E-state index in [4.69, 9.17) is 0 Å². The van der Waals surface area contributed by atoms with E-state index in [1.807, 2.05) is 0 Å². The second-order valence-corrected chi connectivity index (χ2v) is 4.22. The van der Waals surface area contributed by atoms with Crippen LogP contribution in [0.4, 0.5) is 13.2 Å². The average molecular weight is 230 g/mol. The van der Waals surface area contributed by atoms with Crippen molar-refractivity contribution in [2.24, 2.45) is 0 Å². The van der Waals surface area contributed by atoms with Crippen LogP contribution in [-0.4, -0.2) is 4.21 Å². The standard InChI is InChI=1S/C10H5F3OS/c11-7-4-6(5-8(12)10(7)13)9-2-1-3-15(9)14/h1-5H. The van der Waals surface area contributed by atoms with Crippen molar-refractivity contribution in [2.45, 2.75) is 0 Å². The molecule has 1 heterocycles. The Hall–Kier alpha value is -1.36. The molecular weight excluding hydrogens is 225 g/mol. The fourth-order valence-corrected chi connectivity index (χ4v) is 2.18. The lowest BCUT2D eigenvalue weighted by atomic mass is 10.2. The Morgan fingerprint density at radius 2 is 1.67 bits per heavy atom. The van der Waals surface area contributed by atoms with Crippen molar-refractivity contribution in [3.05, 3.63) is 52.7 Å². The van der Waals surface area contributed by atoms with Gasteiger partial charge in [0, 0.05) is 5.41 Å². The van der Waals surface area contributed by atoms with Gasteiger partial charge >= 0.3 is 0 Å². The highest BCUT2D eigenvalue weighted by Gasteiger charge is 2.16. The van der Waals surface area contributed by atoms with Crippen LogP contribution in [0.1, 0.15) is 5.56 Å². The largest absolute Gasteiger partial charge is 0.250 e. The van der Waals surface area contributed by atoms with Gasteiger partial charge in [0.15, 0.2) is 17.5 Å². The molecule has 1 aliphatic rings. The van der Waals surface area contributed by atoms with Gasteiger partial charge < -0.3 is 0 Å². The first-order chi connectivity index (χ1) is 7.09. The molecule has 0 radical (unpaired) electrons. The Balaban J connectivity index is 2.52. The van der Waals surface area contributed by atoms with Gasteiger partial charge in [0.25, 0.3) is 0 Å². The Kier molecular flexibility index (Phi) is 2.48. The zero-order chi connectivity index (χ0) is 11.0. The van der Waals surface area contributed by atoms with E-state index in [1.54, 1.807) is 0 Å². The molecule has 1 aromatic carbocycles. The van der Waals surface area contributed by atoms with E-state index in [2.05, 4.69) is 0 Å². The van der Waals surface area contributed by atoms with Crippen molar-refractivity contribution in [1.29, 1.82) is 0 Å². The van der Waals surface area contributed by atoms with Crippen molar-refractivity contribution >= 4 is 15.7 Å². The van der Waals surface area contributed by atoms with Gasteiger partial charge in [-0.15, -0.1) is 0 Å². The molecular formula is C10H5F3OS. The average Bonchev–Trinajstić information content (AvgIpc) is 2.60. The summed E-state index contributed by atoms with van der Waals surface area (Å²) >= 11 is 0. The molecule has 15 heavy (non-hydrogen) atoms. The lowest BCUT2D eigenvalue weighted by Gasteiger charge is -2.03. The number of halogens is 3. The van der Waals surface area contributed by atoms with E-state index in [1.165, 1.54) is 17.6 Å². The first-order valence-corrected chi connectivity index (χ1v) is 5.25. The van der Waals surface area contributed by atoms with Crippen LogP contribution in [-0.2, 0) is 10.8 Å². The maximum Gasteiger partial charge on any atom is 0.194 e. The minimum absolute atomic E-state index is 0.0923. The molecule has 0 aliphatic carbocycles. The molecule has 0 saturated carbocycles. The van der Waals surface area contributed by atoms with Crippen LogP contribution in [0, 0.1) is 17.5 Å². The minimum Gasteiger partial charge on any atom is -0.250 e. The highest BCUT2D eigenvalue weighted by atomic mass is 32.2. The lowest BCUT2D eigenvalue weighted by Crippen LogP contribution is -1.95. The summed E-state index contributed by atoms with van der Waals surface area (Å²) < 4.78 is 49.7. The van der Waals surface area contributed by atoms with E-state index in [0.29, 0.717) is 0 Å². The van der Waals surface area contributed by atoms with Gasteiger partial charge in [0.1, 0.15) is 0 Å². The molecule has 0 amide bonds. The van der Waals surface area contributed by atoms with E-state index >= 15 is 0 Å². The Labute approximate surface area is 86.4 Å². The van der Waals surface area contributed by atoms with Crippen LogP contribution in [0.15, 0.2) is 29.7 Å². The summed E-state index contributed by atoms with van der Waals surface area (Å²) in [7, 11) is -1.41. The second kappa shape index (κ2) is 3.66. The van der Waals surface area contributed by atoms with Gasteiger partial charge in [-0.2, -0.15) is 0 Å². The van der Waals surface area contributed by atoms with Gasteiger partial charge in [0.05, 0.1) is 15.7 Å². The molecule has 1 nitrogen and oxygen atoms in total. The zero-order valence-electron chi connectivity index (χ0n) is 7.34. The van der Waals surface area contributed by atoms with E-state index < -0.39 is 28.3 Å². The topological polar surface area (TPSA) is 17.1 Å². The van der Waals surface area contributed by atoms with E-state index in [9.17, 15) is 17.4 Å². The quantitative estimate of drug-likeness (QED) is 0.678. The molecule has 1 aliphatic heterocycles. The molecule has 0 saturated heterocycles.